The number of nitrogens with zero attached hydrogens (tertiary/aromatic N) is 3. The molecule has 5 heteroatoms. The van der Waals surface area contributed by atoms with Crippen LogP contribution in [0.4, 0.5) is 0 Å². The van der Waals surface area contributed by atoms with Gasteiger partial charge in [-0.15, -0.1) is 0 Å². The summed E-state index contributed by atoms with van der Waals surface area (Å²) in [5.74, 6) is 5.22. The van der Waals surface area contributed by atoms with Crippen LogP contribution >= 0.6 is 0 Å². The van der Waals surface area contributed by atoms with Gasteiger partial charge in [-0.05, 0) is 0 Å². The SMILES string of the molecule is NN(C=O)CCn1ccnc1. The van der Waals surface area contributed by atoms with Gasteiger partial charge in [0, 0.05) is 18.9 Å². The summed E-state index contributed by atoms with van der Waals surface area (Å²) in [7, 11) is 0. The van der Waals surface area contributed by atoms with Gasteiger partial charge in [0.2, 0.25) is 6.41 Å². The molecule has 0 radical (unpaired) electrons. The van der Waals surface area contributed by atoms with Gasteiger partial charge < -0.3 is 4.57 Å². The summed E-state index contributed by atoms with van der Waals surface area (Å²) >= 11 is 0. The fraction of sp³-hybridized carbons (Fsp3) is 0.333. The molecular weight excluding hydrogens is 144 g/mol. The van der Waals surface area contributed by atoms with Gasteiger partial charge in [-0.25, -0.2) is 10.8 Å². The number of aromatic nitrogens is 2. The third-order valence-electron chi connectivity index (χ3n) is 1.31. The maximum atomic E-state index is 10.0. The quantitative estimate of drug-likeness (QED) is 0.268. The van der Waals surface area contributed by atoms with Gasteiger partial charge in [0.25, 0.3) is 0 Å². The van der Waals surface area contributed by atoms with E-state index in [9.17, 15) is 4.79 Å². The normalized spacial score (nSPS) is 9.55. The Balaban J connectivity index is 2.28. The summed E-state index contributed by atoms with van der Waals surface area (Å²) in [6, 6.07) is 0. The third-order valence-corrected chi connectivity index (χ3v) is 1.31. The van der Waals surface area contributed by atoms with E-state index in [1.54, 1.807) is 12.5 Å². The fourth-order valence-corrected chi connectivity index (χ4v) is 0.703. The molecular formula is C6H10N4O. The molecule has 0 aliphatic rings. The van der Waals surface area contributed by atoms with Crippen molar-refractivity contribution in [3.05, 3.63) is 18.7 Å². The maximum absolute atomic E-state index is 10.0. The second-order valence-electron chi connectivity index (χ2n) is 2.14. The average Bonchev–Trinajstić information content (AvgIpc) is 2.52. The van der Waals surface area contributed by atoms with Gasteiger partial charge in [-0.3, -0.25) is 9.80 Å². The topological polar surface area (TPSA) is 64.2 Å². The predicted octanol–water partition coefficient (Wildman–Crippen LogP) is -0.785. The summed E-state index contributed by atoms with van der Waals surface area (Å²) in [6.45, 7) is 1.18. The molecule has 0 aliphatic heterocycles. The Hall–Kier alpha value is -1.36. The van der Waals surface area contributed by atoms with Crippen molar-refractivity contribution in [3.63, 3.8) is 0 Å². The van der Waals surface area contributed by atoms with E-state index < -0.39 is 0 Å². The van der Waals surface area contributed by atoms with Gasteiger partial charge in [-0.1, -0.05) is 0 Å². The first-order valence-corrected chi connectivity index (χ1v) is 3.25. The lowest BCUT2D eigenvalue weighted by Gasteiger charge is -2.09. The molecule has 5 nitrogen and oxygen atoms in total. The van der Waals surface area contributed by atoms with Crippen LogP contribution in [0.25, 0.3) is 0 Å². The summed E-state index contributed by atoms with van der Waals surface area (Å²) < 4.78 is 1.85. The first-order chi connectivity index (χ1) is 5.33. The van der Waals surface area contributed by atoms with Crippen LogP contribution in [-0.2, 0) is 11.3 Å². The van der Waals surface area contributed by atoms with Crippen LogP contribution in [0, 0.1) is 0 Å². The van der Waals surface area contributed by atoms with E-state index in [-0.39, 0.29) is 0 Å². The second-order valence-corrected chi connectivity index (χ2v) is 2.14. The van der Waals surface area contributed by atoms with Crippen molar-refractivity contribution in [1.82, 2.24) is 14.6 Å². The van der Waals surface area contributed by atoms with E-state index in [1.165, 1.54) is 0 Å². The highest BCUT2D eigenvalue weighted by Crippen LogP contribution is 1.85. The molecule has 2 N–H and O–H groups in total. The highest BCUT2D eigenvalue weighted by Gasteiger charge is 1.93. The monoisotopic (exact) mass is 154 g/mol. The number of imidazole rings is 1. The zero-order valence-corrected chi connectivity index (χ0v) is 6.05. The molecule has 0 aliphatic carbocycles. The molecule has 0 aromatic carbocycles. The molecule has 0 saturated heterocycles. The molecule has 1 rings (SSSR count). The Morgan fingerprint density at radius 1 is 1.73 bits per heavy atom. The van der Waals surface area contributed by atoms with Gasteiger partial charge >= 0.3 is 0 Å². The molecule has 1 aromatic heterocycles. The van der Waals surface area contributed by atoms with Gasteiger partial charge in [0.05, 0.1) is 12.9 Å². The van der Waals surface area contributed by atoms with Gasteiger partial charge in [-0.2, -0.15) is 0 Å². The first-order valence-electron chi connectivity index (χ1n) is 3.25. The first kappa shape index (κ1) is 7.74. The van der Waals surface area contributed by atoms with E-state index in [1.807, 2.05) is 10.8 Å². The smallest absolute Gasteiger partial charge is 0.223 e. The van der Waals surface area contributed by atoms with Gasteiger partial charge in [0.1, 0.15) is 0 Å². The molecule has 0 atom stereocenters. The van der Waals surface area contributed by atoms with Crippen LogP contribution < -0.4 is 5.84 Å². The summed E-state index contributed by atoms with van der Waals surface area (Å²) in [5, 5.41) is 1.10. The van der Waals surface area contributed by atoms with Crippen molar-refractivity contribution in [2.24, 2.45) is 5.84 Å². The van der Waals surface area contributed by atoms with Crippen molar-refractivity contribution in [1.29, 1.82) is 0 Å². The van der Waals surface area contributed by atoms with Crippen molar-refractivity contribution in [2.45, 2.75) is 6.54 Å². The predicted molar refractivity (Wildman–Crippen MR) is 39.2 cm³/mol. The van der Waals surface area contributed by atoms with E-state index in [4.69, 9.17) is 5.84 Å². The van der Waals surface area contributed by atoms with Crippen LogP contribution in [0.15, 0.2) is 18.7 Å². The molecule has 0 unspecified atom stereocenters. The number of hydrazine groups is 1. The summed E-state index contributed by atoms with van der Waals surface area (Å²) in [4.78, 5) is 13.9. The molecule has 11 heavy (non-hydrogen) atoms. The number of hydrogen-bond donors (Lipinski definition) is 1. The highest BCUT2D eigenvalue weighted by molar-refractivity contribution is 5.45. The van der Waals surface area contributed by atoms with Crippen LogP contribution in [0.1, 0.15) is 0 Å². The largest absolute Gasteiger partial charge is 0.336 e. The Labute approximate surface area is 64.4 Å². The molecule has 1 amide bonds. The van der Waals surface area contributed by atoms with E-state index in [0.29, 0.717) is 19.5 Å². The molecule has 0 bridgehead atoms. The third kappa shape index (κ3) is 2.38. The Morgan fingerprint density at radius 2 is 2.55 bits per heavy atom. The average molecular weight is 154 g/mol. The zero-order chi connectivity index (χ0) is 8.10. The lowest BCUT2D eigenvalue weighted by atomic mass is 10.6. The Bertz CT molecular complexity index is 208. The zero-order valence-electron chi connectivity index (χ0n) is 6.05. The molecule has 0 spiro atoms. The van der Waals surface area contributed by atoms with E-state index >= 15 is 0 Å². The minimum atomic E-state index is 0.500. The number of carbonyl (C=O) groups is 1. The molecule has 0 saturated carbocycles. The lowest BCUT2D eigenvalue weighted by Crippen LogP contribution is -2.32. The number of hydrogen-bond acceptors (Lipinski definition) is 3. The number of rotatable bonds is 4. The van der Waals surface area contributed by atoms with Crippen molar-refractivity contribution < 1.29 is 4.79 Å². The molecule has 1 aromatic rings. The van der Waals surface area contributed by atoms with Crippen LogP contribution in [0.2, 0.25) is 0 Å². The highest BCUT2D eigenvalue weighted by atomic mass is 16.1. The number of amides is 1. The Morgan fingerprint density at radius 3 is 3.09 bits per heavy atom. The molecule has 1 heterocycles. The summed E-state index contributed by atoms with van der Waals surface area (Å²) in [6.07, 6.45) is 5.77. The van der Waals surface area contributed by atoms with E-state index in [0.717, 1.165) is 5.01 Å². The minimum absolute atomic E-state index is 0.500. The Kier molecular flexibility index (Phi) is 2.62. The van der Waals surface area contributed by atoms with Crippen LogP contribution in [-0.4, -0.2) is 27.5 Å². The number of nitrogens with two attached hydrogens (primary N) is 1. The van der Waals surface area contributed by atoms with Crippen LogP contribution in [0.5, 0.6) is 0 Å². The van der Waals surface area contributed by atoms with Gasteiger partial charge in [0.15, 0.2) is 0 Å². The fourth-order valence-electron chi connectivity index (χ4n) is 0.703. The molecule has 60 valence electrons. The summed E-state index contributed by atoms with van der Waals surface area (Å²) in [5.41, 5.74) is 0. The molecule has 0 fully saturated rings. The second kappa shape index (κ2) is 3.72. The van der Waals surface area contributed by atoms with Crippen molar-refractivity contribution in [3.8, 4) is 0 Å². The maximum Gasteiger partial charge on any atom is 0.223 e. The lowest BCUT2D eigenvalue weighted by molar-refractivity contribution is -0.118. The number of carbonyl (C=O) groups excluding carboxylic acids is 1. The van der Waals surface area contributed by atoms with Crippen LogP contribution in [0.3, 0.4) is 0 Å². The minimum Gasteiger partial charge on any atom is -0.336 e. The standard InChI is InChI=1S/C6H10N4O/c7-10(6-11)4-3-9-2-1-8-5-9/h1-2,5-6H,3-4,7H2. The van der Waals surface area contributed by atoms with Crippen molar-refractivity contribution >= 4 is 6.41 Å². The van der Waals surface area contributed by atoms with Crippen molar-refractivity contribution in [2.75, 3.05) is 6.54 Å². The van der Waals surface area contributed by atoms with E-state index in [2.05, 4.69) is 4.98 Å².